The SMILES string of the molecule is CC(C)[C@@H](CO)Nc1nccs1. The van der Waals surface area contributed by atoms with Crippen molar-refractivity contribution in [2.75, 3.05) is 11.9 Å². The van der Waals surface area contributed by atoms with E-state index in [1.807, 2.05) is 5.38 Å². The minimum Gasteiger partial charge on any atom is -0.394 e. The summed E-state index contributed by atoms with van der Waals surface area (Å²) in [5.41, 5.74) is 0. The van der Waals surface area contributed by atoms with Gasteiger partial charge in [0.25, 0.3) is 0 Å². The van der Waals surface area contributed by atoms with Crippen molar-refractivity contribution in [2.24, 2.45) is 5.92 Å². The molecule has 0 aromatic carbocycles. The molecule has 4 heteroatoms. The van der Waals surface area contributed by atoms with Gasteiger partial charge in [0.15, 0.2) is 5.13 Å². The topological polar surface area (TPSA) is 45.1 Å². The summed E-state index contributed by atoms with van der Waals surface area (Å²) in [6, 6.07) is 0.108. The summed E-state index contributed by atoms with van der Waals surface area (Å²) in [5.74, 6) is 0.416. The highest BCUT2D eigenvalue weighted by atomic mass is 32.1. The van der Waals surface area contributed by atoms with E-state index in [1.165, 1.54) is 0 Å². The van der Waals surface area contributed by atoms with Gasteiger partial charge in [-0.1, -0.05) is 13.8 Å². The Morgan fingerprint density at radius 1 is 1.67 bits per heavy atom. The molecule has 68 valence electrons. The minimum absolute atomic E-state index is 0.108. The predicted octanol–water partition coefficient (Wildman–Crippen LogP) is 1.57. The Morgan fingerprint density at radius 2 is 2.42 bits per heavy atom. The number of hydrogen-bond donors (Lipinski definition) is 2. The Hall–Kier alpha value is -0.610. The maximum Gasteiger partial charge on any atom is 0.182 e. The molecule has 0 spiro atoms. The number of nitrogens with zero attached hydrogens (tertiary/aromatic N) is 1. The lowest BCUT2D eigenvalue weighted by Crippen LogP contribution is -2.29. The number of anilines is 1. The van der Waals surface area contributed by atoms with E-state index < -0.39 is 0 Å². The van der Waals surface area contributed by atoms with Crippen molar-refractivity contribution in [3.8, 4) is 0 Å². The fourth-order valence-corrected chi connectivity index (χ4v) is 1.47. The van der Waals surface area contributed by atoms with Gasteiger partial charge in [0, 0.05) is 11.6 Å². The Balaban J connectivity index is 2.48. The van der Waals surface area contributed by atoms with E-state index >= 15 is 0 Å². The van der Waals surface area contributed by atoms with Crippen LogP contribution < -0.4 is 5.32 Å². The van der Waals surface area contributed by atoms with Crippen molar-refractivity contribution in [3.63, 3.8) is 0 Å². The van der Waals surface area contributed by atoms with E-state index in [-0.39, 0.29) is 12.6 Å². The van der Waals surface area contributed by atoms with Gasteiger partial charge in [-0.2, -0.15) is 0 Å². The first kappa shape index (κ1) is 9.48. The molecular formula is C8H14N2OS. The minimum atomic E-state index is 0.108. The molecule has 0 radical (unpaired) electrons. The molecule has 0 amide bonds. The zero-order valence-corrected chi connectivity index (χ0v) is 8.14. The lowest BCUT2D eigenvalue weighted by atomic mass is 10.1. The van der Waals surface area contributed by atoms with E-state index in [4.69, 9.17) is 5.11 Å². The summed E-state index contributed by atoms with van der Waals surface area (Å²) in [7, 11) is 0. The monoisotopic (exact) mass is 186 g/mol. The summed E-state index contributed by atoms with van der Waals surface area (Å²) in [5, 5.41) is 15.0. The normalized spacial score (nSPS) is 13.3. The first-order chi connectivity index (χ1) is 5.74. The van der Waals surface area contributed by atoms with Crippen molar-refractivity contribution in [3.05, 3.63) is 11.6 Å². The Kier molecular flexibility index (Phi) is 3.49. The van der Waals surface area contributed by atoms with Crippen LogP contribution in [0.25, 0.3) is 0 Å². The van der Waals surface area contributed by atoms with Crippen LogP contribution in [0, 0.1) is 5.92 Å². The molecule has 0 bridgehead atoms. The van der Waals surface area contributed by atoms with Crippen LogP contribution in [-0.2, 0) is 0 Å². The van der Waals surface area contributed by atoms with Gasteiger partial charge in [0.05, 0.1) is 12.6 Å². The number of nitrogens with one attached hydrogen (secondary N) is 1. The lowest BCUT2D eigenvalue weighted by Gasteiger charge is -2.18. The maximum absolute atomic E-state index is 9.01. The highest BCUT2D eigenvalue weighted by Gasteiger charge is 2.11. The summed E-state index contributed by atoms with van der Waals surface area (Å²) in [6.45, 7) is 4.29. The number of rotatable bonds is 4. The maximum atomic E-state index is 9.01. The second-order valence-electron chi connectivity index (χ2n) is 3.01. The molecule has 1 aromatic heterocycles. The van der Waals surface area contributed by atoms with Gasteiger partial charge >= 0.3 is 0 Å². The number of thiazole rings is 1. The average Bonchev–Trinajstić information content (AvgIpc) is 2.51. The van der Waals surface area contributed by atoms with Gasteiger partial charge in [-0.15, -0.1) is 11.3 Å². The third-order valence-corrected chi connectivity index (χ3v) is 2.45. The summed E-state index contributed by atoms with van der Waals surface area (Å²) in [6.07, 6.45) is 1.75. The number of aliphatic hydroxyl groups is 1. The van der Waals surface area contributed by atoms with Crippen LogP contribution in [0.15, 0.2) is 11.6 Å². The van der Waals surface area contributed by atoms with Crippen LogP contribution in [0.3, 0.4) is 0 Å². The summed E-state index contributed by atoms with van der Waals surface area (Å²) < 4.78 is 0. The Morgan fingerprint density at radius 3 is 2.83 bits per heavy atom. The largest absolute Gasteiger partial charge is 0.394 e. The van der Waals surface area contributed by atoms with Crippen molar-refractivity contribution >= 4 is 16.5 Å². The van der Waals surface area contributed by atoms with Gasteiger partial charge in [0.2, 0.25) is 0 Å². The molecule has 3 nitrogen and oxygen atoms in total. The van der Waals surface area contributed by atoms with Gasteiger partial charge < -0.3 is 10.4 Å². The van der Waals surface area contributed by atoms with Crippen molar-refractivity contribution in [1.29, 1.82) is 0 Å². The van der Waals surface area contributed by atoms with Crippen LogP contribution in [0.1, 0.15) is 13.8 Å². The smallest absolute Gasteiger partial charge is 0.182 e. The molecule has 0 aliphatic rings. The molecule has 1 rings (SSSR count). The molecule has 0 saturated carbocycles. The van der Waals surface area contributed by atoms with Gasteiger partial charge in [0.1, 0.15) is 0 Å². The molecule has 0 unspecified atom stereocenters. The summed E-state index contributed by atoms with van der Waals surface area (Å²) >= 11 is 1.55. The first-order valence-corrected chi connectivity index (χ1v) is 4.89. The summed E-state index contributed by atoms with van der Waals surface area (Å²) in [4.78, 5) is 4.08. The number of aliphatic hydroxyl groups excluding tert-OH is 1. The fraction of sp³-hybridized carbons (Fsp3) is 0.625. The van der Waals surface area contributed by atoms with Crippen LogP contribution >= 0.6 is 11.3 Å². The van der Waals surface area contributed by atoms with Crippen LogP contribution in [0.2, 0.25) is 0 Å². The van der Waals surface area contributed by atoms with Gasteiger partial charge in [-0.3, -0.25) is 0 Å². The van der Waals surface area contributed by atoms with Crippen LogP contribution in [0.5, 0.6) is 0 Å². The first-order valence-electron chi connectivity index (χ1n) is 4.01. The Labute approximate surface area is 76.5 Å². The van der Waals surface area contributed by atoms with E-state index in [0.717, 1.165) is 5.13 Å². The molecule has 0 aliphatic heterocycles. The molecule has 0 saturated heterocycles. The van der Waals surface area contributed by atoms with Crippen LogP contribution in [0.4, 0.5) is 5.13 Å². The molecule has 1 aromatic rings. The Bertz CT molecular complexity index is 211. The molecule has 0 fully saturated rings. The lowest BCUT2D eigenvalue weighted by molar-refractivity contribution is 0.249. The second-order valence-corrected chi connectivity index (χ2v) is 3.91. The van der Waals surface area contributed by atoms with E-state index in [9.17, 15) is 0 Å². The van der Waals surface area contributed by atoms with E-state index in [2.05, 4.69) is 24.1 Å². The molecule has 1 heterocycles. The fourth-order valence-electron chi connectivity index (χ4n) is 0.876. The molecule has 2 N–H and O–H groups in total. The molecular weight excluding hydrogens is 172 g/mol. The van der Waals surface area contributed by atoms with Crippen molar-refractivity contribution in [2.45, 2.75) is 19.9 Å². The molecule has 0 aliphatic carbocycles. The number of hydrogen-bond acceptors (Lipinski definition) is 4. The van der Waals surface area contributed by atoms with Gasteiger partial charge in [-0.25, -0.2) is 4.98 Å². The highest BCUT2D eigenvalue weighted by molar-refractivity contribution is 7.13. The van der Waals surface area contributed by atoms with E-state index in [0.29, 0.717) is 5.92 Å². The van der Waals surface area contributed by atoms with Gasteiger partial charge in [-0.05, 0) is 5.92 Å². The third kappa shape index (κ3) is 2.46. The quantitative estimate of drug-likeness (QED) is 0.750. The molecule has 1 atom stereocenters. The third-order valence-electron chi connectivity index (χ3n) is 1.74. The average molecular weight is 186 g/mol. The number of aromatic nitrogens is 1. The van der Waals surface area contributed by atoms with Crippen molar-refractivity contribution in [1.82, 2.24) is 4.98 Å². The highest BCUT2D eigenvalue weighted by Crippen LogP contribution is 2.14. The van der Waals surface area contributed by atoms with E-state index in [1.54, 1.807) is 17.5 Å². The second kappa shape index (κ2) is 4.42. The molecule has 12 heavy (non-hydrogen) atoms. The zero-order valence-electron chi connectivity index (χ0n) is 7.32. The van der Waals surface area contributed by atoms with Crippen molar-refractivity contribution < 1.29 is 5.11 Å². The van der Waals surface area contributed by atoms with Crippen LogP contribution in [-0.4, -0.2) is 22.7 Å². The zero-order chi connectivity index (χ0) is 8.97. The predicted molar refractivity (Wildman–Crippen MR) is 51.4 cm³/mol. The standard InChI is InChI=1S/C8H14N2OS/c1-6(2)7(5-11)10-8-9-3-4-12-8/h3-4,6-7,11H,5H2,1-2H3,(H,9,10)/t7-/m1/s1.